The Morgan fingerprint density at radius 2 is 1.71 bits per heavy atom. The van der Waals surface area contributed by atoms with Crippen LogP contribution in [0, 0.1) is 18.8 Å². The van der Waals surface area contributed by atoms with E-state index in [0.717, 1.165) is 16.3 Å². The molecular weight excluding hydrogens is 376 g/mol. The first-order valence-electron chi connectivity index (χ1n) is 9.54. The molecule has 0 fully saturated rings. The van der Waals surface area contributed by atoms with Gasteiger partial charge in [0.25, 0.3) is 5.91 Å². The molecule has 1 amide bonds. The van der Waals surface area contributed by atoms with Crippen molar-refractivity contribution in [1.82, 2.24) is 9.79 Å². The van der Waals surface area contributed by atoms with E-state index in [4.69, 9.17) is 5.21 Å². The molecule has 0 aromatic heterocycles. The number of hydroxylamine groups is 1. The molecule has 0 saturated carbocycles. The molecule has 2 aromatic carbocycles. The van der Waals surface area contributed by atoms with E-state index >= 15 is 0 Å². The van der Waals surface area contributed by atoms with Crippen LogP contribution in [0.5, 0.6) is 0 Å². The average molecular weight is 407 g/mol. The van der Waals surface area contributed by atoms with E-state index in [1.54, 1.807) is 37.5 Å². The maximum atomic E-state index is 13.5. The molecule has 0 saturated heterocycles. The van der Waals surface area contributed by atoms with Crippen molar-refractivity contribution in [3.63, 3.8) is 0 Å². The first-order chi connectivity index (χ1) is 13.1. The molecule has 28 heavy (non-hydrogen) atoms. The Morgan fingerprint density at radius 1 is 1.07 bits per heavy atom. The molecule has 2 aromatic rings. The number of carbonyl (C=O) groups is 1. The highest BCUT2D eigenvalue weighted by molar-refractivity contribution is 7.89. The van der Waals surface area contributed by atoms with Gasteiger partial charge < -0.3 is 0 Å². The first kappa shape index (κ1) is 22.3. The molecule has 2 N–H and O–H groups in total. The van der Waals surface area contributed by atoms with Gasteiger partial charge in [0.2, 0.25) is 10.0 Å². The Kier molecular flexibility index (Phi) is 7.20. The van der Waals surface area contributed by atoms with Crippen molar-refractivity contribution in [2.75, 3.05) is 6.54 Å². The van der Waals surface area contributed by atoms with Crippen LogP contribution in [0.4, 0.5) is 0 Å². The van der Waals surface area contributed by atoms with Gasteiger partial charge in [-0.25, -0.2) is 13.9 Å². The van der Waals surface area contributed by atoms with Gasteiger partial charge in [-0.2, -0.15) is 4.31 Å². The molecule has 0 aliphatic carbocycles. The predicted molar refractivity (Wildman–Crippen MR) is 111 cm³/mol. The fourth-order valence-corrected chi connectivity index (χ4v) is 5.04. The Balaban J connectivity index is 2.57. The largest absolute Gasteiger partial charge is 0.289 e. The molecule has 1 atom stereocenters. The number of nitrogens with zero attached hydrogens (tertiary/aromatic N) is 1. The monoisotopic (exact) mass is 406 g/mol. The van der Waals surface area contributed by atoms with E-state index in [1.165, 1.54) is 4.31 Å². The van der Waals surface area contributed by atoms with Gasteiger partial charge in [-0.05, 0) is 48.1 Å². The predicted octanol–water partition coefficient (Wildman–Crippen LogP) is 3.72. The number of rotatable bonds is 8. The summed E-state index contributed by atoms with van der Waals surface area (Å²) in [4.78, 5) is 12.5. The van der Waals surface area contributed by atoms with Crippen LogP contribution >= 0.6 is 0 Å². The number of nitrogens with one attached hydrogen (secondary N) is 1. The number of sulfonamides is 1. The Morgan fingerprint density at radius 3 is 2.29 bits per heavy atom. The summed E-state index contributed by atoms with van der Waals surface area (Å²) in [6, 6.07) is 9.87. The van der Waals surface area contributed by atoms with Gasteiger partial charge in [0.05, 0.1) is 4.90 Å². The topological polar surface area (TPSA) is 86.7 Å². The molecular formula is C21H30N2O4S. The van der Waals surface area contributed by atoms with Gasteiger partial charge in [-0.1, -0.05) is 57.5 Å². The Bertz CT molecular complexity index is 939. The number of hydrogen-bond donors (Lipinski definition) is 2. The summed E-state index contributed by atoms with van der Waals surface area (Å²) in [5.74, 6) is -0.766. The quantitative estimate of drug-likeness (QED) is 0.517. The van der Waals surface area contributed by atoms with Gasteiger partial charge in [0.1, 0.15) is 6.04 Å². The van der Waals surface area contributed by atoms with E-state index in [1.807, 2.05) is 39.0 Å². The first-order valence-corrected chi connectivity index (χ1v) is 11.0. The number of benzene rings is 2. The van der Waals surface area contributed by atoms with Crippen molar-refractivity contribution < 1.29 is 18.4 Å². The molecule has 0 aliphatic rings. The molecule has 0 radical (unpaired) electrons. The average Bonchev–Trinajstić information content (AvgIpc) is 2.63. The van der Waals surface area contributed by atoms with E-state index in [2.05, 4.69) is 0 Å². The van der Waals surface area contributed by atoms with Crippen molar-refractivity contribution in [2.45, 2.75) is 52.0 Å². The van der Waals surface area contributed by atoms with Crippen LogP contribution in [0.2, 0.25) is 0 Å². The molecule has 0 spiro atoms. The fraction of sp³-hybridized carbons (Fsp3) is 0.476. The van der Waals surface area contributed by atoms with E-state index in [-0.39, 0.29) is 23.3 Å². The second-order valence-electron chi connectivity index (χ2n) is 7.98. The summed E-state index contributed by atoms with van der Waals surface area (Å²) < 4.78 is 28.2. The lowest BCUT2D eigenvalue weighted by Crippen LogP contribution is -2.52. The molecule has 0 bridgehead atoms. The van der Waals surface area contributed by atoms with Gasteiger partial charge >= 0.3 is 0 Å². The number of fused-ring (bicyclic) bond motifs is 1. The SMILES string of the molecule is Cc1ccc2ccc(S(=O)(=O)N(CCC(C)C)[C@@H](C(=O)NO)C(C)C)cc2c1. The lowest BCUT2D eigenvalue weighted by Gasteiger charge is -2.32. The van der Waals surface area contributed by atoms with Gasteiger partial charge in [-0.3, -0.25) is 10.0 Å². The minimum Gasteiger partial charge on any atom is -0.289 e. The van der Waals surface area contributed by atoms with Crippen LogP contribution in [-0.4, -0.2) is 36.4 Å². The highest BCUT2D eigenvalue weighted by Gasteiger charge is 2.37. The second kappa shape index (κ2) is 9.03. The summed E-state index contributed by atoms with van der Waals surface area (Å²) in [5.41, 5.74) is 2.67. The number of amides is 1. The van der Waals surface area contributed by atoms with E-state index in [0.29, 0.717) is 6.42 Å². The molecule has 6 nitrogen and oxygen atoms in total. The lowest BCUT2D eigenvalue weighted by molar-refractivity contribution is -0.134. The number of hydrogen-bond acceptors (Lipinski definition) is 4. The molecule has 154 valence electrons. The standard InChI is InChI=1S/C21H30N2O4S/c1-14(2)10-11-23(20(15(3)4)21(24)22-25)28(26,27)19-9-8-17-7-6-16(5)12-18(17)13-19/h6-9,12-15,20,25H,10-11H2,1-5H3,(H,22,24)/t20-/m1/s1. The summed E-state index contributed by atoms with van der Waals surface area (Å²) >= 11 is 0. The highest BCUT2D eigenvalue weighted by atomic mass is 32.2. The van der Waals surface area contributed by atoms with Crippen molar-refractivity contribution >= 4 is 26.7 Å². The smallest absolute Gasteiger partial charge is 0.262 e. The highest BCUT2D eigenvalue weighted by Crippen LogP contribution is 2.27. The molecule has 7 heteroatoms. The Labute approximate surface area is 167 Å². The zero-order chi connectivity index (χ0) is 21.1. The third kappa shape index (κ3) is 4.90. The third-order valence-corrected chi connectivity index (χ3v) is 6.70. The van der Waals surface area contributed by atoms with Crippen LogP contribution in [0.1, 0.15) is 39.7 Å². The maximum absolute atomic E-state index is 13.5. The molecule has 0 aliphatic heterocycles. The van der Waals surface area contributed by atoms with Gasteiger partial charge in [-0.15, -0.1) is 0 Å². The Hall–Kier alpha value is -1.96. The molecule has 0 heterocycles. The van der Waals surface area contributed by atoms with E-state index in [9.17, 15) is 13.2 Å². The summed E-state index contributed by atoms with van der Waals surface area (Å²) in [5, 5.41) is 10.9. The normalized spacial score (nSPS) is 13.5. The maximum Gasteiger partial charge on any atom is 0.262 e. The fourth-order valence-electron chi connectivity index (χ4n) is 3.27. The van der Waals surface area contributed by atoms with Crippen LogP contribution in [0.25, 0.3) is 10.8 Å². The minimum atomic E-state index is -3.94. The zero-order valence-electron chi connectivity index (χ0n) is 17.1. The summed E-state index contributed by atoms with van der Waals surface area (Å²) in [7, 11) is -3.94. The number of carbonyl (C=O) groups excluding carboxylic acids is 1. The van der Waals surface area contributed by atoms with Crippen molar-refractivity contribution in [1.29, 1.82) is 0 Å². The van der Waals surface area contributed by atoms with Crippen molar-refractivity contribution in [2.24, 2.45) is 11.8 Å². The van der Waals surface area contributed by atoms with Crippen LogP contribution in [0.15, 0.2) is 41.3 Å². The molecule has 2 rings (SSSR count). The molecule has 0 unspecified atom stereocenters. The van der Waals surface area contributed by atoms with Crippen molar-refractivity contribution in [3.05, 3.63) is 42.0 Å². The van der Waals surface area contributed by atoms with Gasteiger partial charge in [0, 0.05) is 6.54 Å². The minimum absolute atomic E-state index is 0.144. The summed E-state index contributed by atoms with van der Waals surface area (Å²) in [6.45, 7) is 9.68. The van der Waals surface area contributed by atoms with Crippen LogP contribution in [-0.2, 0) is 14.8 Å². The second-order valence-corrected chi connectivity index (χ2v) is 9.87. The van der Waals surface area contributed by atoms with Crippen LogP contribution in [0.3, 0.4) is 0 Å². The summed E-state index contributed by atoms with van der Waals surface area (Å²) in [6.07, 6.45) is 0.605. The van der Waals surface area contributed by atoms with E-state index < -0.39 is 22.0 Å². The van der Waals surface area contributed by atoms with Crippen molar-refractivity contribution in [3.8, 4) is 0 Å². The lowest BCUT2D eigenvalue weighted by atomic mass is 10.0. The van der Waals surface area contributed by atoms with Gasteiger partial charge in [0.15, 0.2) is 0 Å². The third-order valence-electron chi connectivity index (χ3n) is 4.82. The zero-order valence-corrected chi connectivity index (χ0v) is 18.0. The van der Waals surface area contributed by atoms with Crippen LogP contribution < -0.4 is 5.48 Å². The number of aryl methyl sites for hydroxylation is 1.